The Hall–Kier alpha value is -1.97. The maximum absolute atomic E-state index is 11.0. The fraction of sp³-hybridized carbons (Fsp3) is 0. The van der Waals surface area contributed by atoms with Gasteiger partial charge in [0.05, 0.1) is 6.20 Å². The molecule has 0 radical (unpaired) electrons. The van der Waals surface area contributed by atoms with E-state index >= 15 is 0 Å². The largest absolute Gasteiger partial charge is 0.504 e. The molecule has 0 aromatic carbocycles. The summed E-state index contributed by atoms with van der Waals surface area (Å²) in [5.41, 5.74) is 0.887. The summed E-state index contributed by atoms with van der Waals surface area (Å²) >= 11 is 0. The third-order valence-electron chi connectivity index (χ3n) is 1.84. The molecule has 13 heavy (non-hydrogen) atoms. The number of phenolic OH excluding ortho intramolecular Hbond substituents is 1. The van der Waals surface area contributed by atoms with E-state index in [-0.39, 0.29) is 5.75 Å². The molecule has 0 bridgehead atoms. The fourth-order valence-electron chi connectivity index (χ4n) is 1.20. The number of aromatic hydroxyl groups is 1. The van der Waals surface area contributed by atoms with Crippen LogP contribution in [-0.4, -0.2) is 15.0 Å². The van der Waals surface area contributed by atoms with Crippen LogP contribution in [0.5, 0.6) is 5.75 Å². The highest BCUT2D eigenvalue weighted by atomic mass is 16.5. The van der Waals surface area contributed by atoms with Gasteiger partial charge in [0.1, 0.15) is 0 Å². The number of hydrogen-bond acceptors (Lipinski definition) is 3. The summed E-state index contributed by atoms with van der Waals surface area (Å²) in [6.07, 6.45) is 2.83. The standard InChI is InChI=1S/C9H7NO3/c11-8-3-6-1-2-10(13)5-7(6)4-9(8)12/h1-5,12-13H. The van der Waals surface area contributed by atoms with Crippen molar-refractivity contribution in [2.24, 2.45) is 0 Å². The predicted octanol–water partition coefficient (Wildman–Crippen LogP) is 0.896. The van der Waals surface area contributed by atoms with Crippen molar-refractivity contribution in [1.82, 2.24) is 4.73 Å². The Labute approximate surface area is 73.6 Å². The van der Waals surface area contributed by atoms with E-state index < -0.39 is 5.43 Å². The number of phenols is 1. The van der Waals surface area contributed by atoms with E-state index in [1.807, 2.05) is 0 Å². The van der Waals surface area contributed by atoms with Gasteiger partial charge in [-0.25, -0.2) is 4.73 Å². The van der Waals surface area contributed by atoms with Crippen molar-refractivity contribution >= 4 is 0 Å². The zero-order valence-corrected chi connectivity index (χ0v) is 6.64. The van der Waals surface area contributed by atoms with E-state index in [4.69, 9.17) is 10.3 Å². The maximum Gasteiger partial charge on any atom is 0.220 e. The zero-order chi connectivity index (χ0) is 9.42. The minimum atomic E-state index is -0.414. The fourth-order valence-corrected chi connectivity index (χ4v) is 1.20. The molecule has 4 nitrogen and oxygen atoms in total. The highest BCUT2D eigenvalue weighted by molar-refractivity contribution is 5.65. The van der Waals surface area contributed by atoms with Crippen LogP contribution < -0.4 is 5.43 Å². The third-order valence-corrected chi connectivity index (χ3v) is 1.84. The number of fused-ring (bicyclic) bond motifs is 1. The summed E-state index contributed by atoms with van der Waals surface area (Å²) in [5.74, 6) is -0.307. The molecule has 66 valence electrons. The third kappa shape index (κ3) is 1.22. The van der Waals surface area contributed by atoms with Crippen molar-refractivity contribution in [3.05, 3.63) is 40.8 Å². The summed E-state index contributed by atoms with van der Waals surface area (Å²) in [5, 5.41) is 18.2. The Morgan fingerprint density at radius 3 is 2.77 bits per heavy atom. The molecule has 2 aliphatic rings. The Bertz CT molecular complexity index is 475. The molecule has 0 spiro atoms. The Morgan fingerprint density at radius 1 is 1.23 bits per heavy atom. The van der Waals surface area contributed by atoms with E-state index in [9.17, 15) is 4.79 Å². The van der Waals surface area contributed by atoms with Gasteiger partial charge in [-0.3, -0.25) is 4.79 Å². The molecule has 0 saturated carbocycles. The molecule has 1 heterocycles. The minimum absolute atomic E-state index is 0.307. The highest BCUT2D eigenvalue weighted by Gasteiger charge is 2.05. The summed E-state index contributed by atoms with van der Waals surface area (Å²) < 4.78 is 0.867. The zero-order valence-electron chi connectivity index (χ0n) is 6.64. The van der Waals surface area contributed by atoms with Gasteiger partial charge in [0, 0.05) is 11.8 Å². The van der Waals surface area contributed by atoms with Gasteiger partial charge < -0.3 is 10.3 Å². The van der Waals surface area contributed by atoms with E-state index in [1.165, 1.54) is 24.5 Å². The Morgan fingerprint density at radius 2 is 2.00 bits per heavy atom. The van der Waals surface area contributed by atoms with Crippen molar-refractivity contribution in [1.29, 1.82) is 0 Å². The highest BCUT2D eigenvalue weighted by Crippen LogP contribution is 2.21. The number of rotatable bonds is 0. The summed E-state index contributed by atoms with van der Waals surface area (Å²) in [7, 11) is 0. The molecule has 0 aromatic rings. The second-order valence-electron chi connectivity index (χ2n) is 2.77. The van der Waals surface area contributed by atoms with Gasteiger partial charge in [0.25, 0.3) is 0 Å². The van der Waals surface area contributed by atoms with Crippen LogP contribution in [0, 0.1) is 0 Å². The molecule has 0 saturated heterocycles. The average molecular weight is 177 g/mol. The summed E-state index contributed by atoms with van der Waals surface area (Å²) in [6, 6.07) is 4.24. The maximum atomic E-state index is 11.0. The number of hydrogen-bond donors (Lipinski definition) is 2. The quantitative estimate of drug-likeness (QED) is 0.587. The van der Waals surface area contributed by atoms with Gasteiger partial charge in [-0.1, -0.05) is 0 Å². The lowest BCUT2D eigenvalue weighted by molar-refractivity contribution is 0.185. The van der Waals surface area contributed by atoms with Crippen LogP contribution >= 0.6 is 0 Å². The van der Waals surface area contributed by atoms with Gasteiger partial charge in [0.15, 0.2) is 5.75 Å². The van der Waals surface area contributed by atoms with Crippen LogP contribution in [0.2, 0.25) is 0 Å². The molecule has 0 atom stereocenters. The average Bonchev–Trinajstić information content (AvgIpc) is 2.08. The first-order chi connectivity index (χ1) is 6.16. The number of benzene rings is 1. The molecule has 0 fully saturated rings. The van der Waals surface area contributed by atoms with Crippen molar-refractivity contribution in [2.75, 3.05) is 0 Å². The summed E-state index contributed by atoms with van der Waals surface area (Å²) in [4.78, 5) is 11.0. The SMILES string of the molecule is O=c1cc2ccn(O)cc-2cc1O. The smallest absolute Gasteiger partial charge is 0.220 e. The van der Waals surface area contributed by atoms with E-state index in [2.05, 4.69) is 0 Å². The molecule has 0 aromatic heterocycles. The second-order valence-corrected chi connectivity index (χ2v) is 2.77. The second kappa shape index (κ2) is 2.52. The molecular formula is C9H7NO3. The first-order valence-corrected chi connectivity index (χ1v) is 3.71. The van der Waals surface area contributed by atoms with Crippen LogP contribution in [-0.2, 0) is 0 Å². The topological polar surface area (TPSA) is 62.5 Å². The molecule has 4 heteroatoms. The normalized spacial score (nSPS) is 10.5. The van der Waals surface area contributed by atoms with Crippen LogP contribution in [0.1, 0.15) is 0 Å². The molecule has 2 N–H and O–H groups in total. The molecule has 1 aliphatic heterocycles. The first-order valence-electron chi connectivity index (χ1n) is 3.71. The lowest BCUT2D eigenvalue weighted by Crippen LogP contribution is -2.01. The van der Waals surface area contributed by atoms with Gasteiger partial charge in [-0.15, -0.1) is 0 Å². The van der Waals surface area contributed by atoms with Gasteiger partial charge in [-0.05, 0) is 23.8 Å². The minimum Gasteiger partial charge on any atom is -0.504 e. The molecule has 0 amide bonds. The Kier molecular flexibility index (Phi) is 1.48. The van der Waals surface area contributed by atoms with Crippen LogP contribution in [0.25, 0.3) is 11.1 Å². The predicted molar refractivity (Wildman–Crippen MR) is 46.2 cm³/mol. The number of aromatic nitrogens is 1. The summed E-state index contributed by atoms with van der Waals surface area (Å²) in [6.45, 7) is 0. The van der Waals surface area contributed by atoms with Crippen molar-refractivity contribution in [3.8, 4) is 16.9 Å². The van der Waals surface area contributed by atoms with Crippen LogP contribution in [0.3, 0.4) is 0 Å². The van der Waals surface area contributed by atoms with E-state index in [0.29, 0.717) is 11.1 Å². The van der Waals surface area contributed by atoms with Crippen molar-refractivity contribution in [2.45, 2.75) is 0 Å². The molecule has 0 unspecified atom stereocenters. The number of nitrogens with zero attached hydrogens (tertiary/aromatic N) is 1. The lowest BCUT2D eigenvalue weighted by atomic mass is 10.1. The van der Waals surface area contributed by atoms with Gasteiger partial charge in [-0.2, -0.15) is 0 Å². The first kappa shape index (κ1) is 7.67. The molecular weight excluding hydrogens is 170 g/mol. The van der Waals surface area contributed by atoms with E-state index in [0.717, 1.165) is 4.73 Å². The Balaban J connectivity index is 2.83. The lowest BCUT2D eigenvalue weighted by Gasteiger charge is -2.05. The van der Waals surface area contributed by atoms with Gasteiger partial charge >= 0.3 is 0 Å². The monoisotopic (exact) mass is 177 g/mol. The van der Waals surface area contributed by atoms with E-state index in [1.54, 1.807) is 6.07 Å². The van der Waals surface area contributed by atoms with Crippen LogP contribution in [0.15, 0.2) is 35.4 Å². The molecule has 1 aliphatic carbocycles. The van der Waals surface area contributed by atoms with Crippen molar-refractivity contribution in [3.63, 3.8) is 0 Å². The molecule has 2 rings (SSSR count). The van der Waals surface area contributed by atoms with Crippen molar-refractivity contribution < 1.29 is 10.3 Å². The van der Waals surface area contributed by atoms with Gasteiger partial charge in [0.2, 0.25) is 5.43 Å². The number of pyridine rings is 1. The van der Waals surface area contributed by atoms with Crippen LogP contribution in [0.4, 0.5) is 0 Å².